The van der Waals surface area contributed by atoms with E-state index in [9.17, 15) is 9.59 Å². The van der Waals surface area contributed by atoms with Crippen molar-refractivity contribution >= 4 is 34.2 Å². The lowest BCUT2D eigenvalue weighted by Gasteiger charge is -2.20. The SMILES string of the molecule is CC(=O)N1N=C(c2cc3ccccc3oc2=O)C[C@@H]1c1ccc(Cl)cc1. The highest BCUT2D eigenvalue weighted by molar-refractivity contribution is 6.30. The Bertz CT molecular complexity index is 1090. The summed E-state index contributed by atoms with van der Waals surface area (Å²) >= 11 is 5.96. The number of fused-ring (bicyclic) bond motifs is 1. The Morgan fingerprint density at radius 3 is 2.65 bits per heavy atom. The van der Waals surface area contributed by atoms with Crippen LogP contribution >= 0.6 is 11.6 Å². The fraction of sp³-hybridized carbons (Fsp3) is 0.150. The maximum atomic E-state index is 12.4. The molecule has 6 heteroatoms. The number of para-hydroxylation sites is 1. The van der Waals surface area contributed by atoms with Crippen LogP contribution in [-0.2, 0) is 4.79 Å². The average Bonchev–Trinajstić information content (AvgIpc) is 3.07. The molecule has 0 aliphatic carbocycles. The molecule has 4 rings (SSSR count). The molecule has 5 nitrogen and oxygen atoms in total. The number of rotatable bonds is 2. The van der Waals surface area contributed by atoms with Gasteiger partial charge in [0.05, 0.1) is 17.3 Å². The van der Waals surface area contributed by atoms with Crippen molar-refractivity contribution in [1.29, 1.82) is 0 Å². The Morgan fingerprint density at radius 1 is 1.19 bits per heavy atom. The zero-order valence-electron chi connectivity index (χ0n) is 14.0. The molecule has 0 spiro atoms. The van der Waals surface area contributed by atoms with Crippen LogP contribution in [0, 0.1) is 0 Å². The van der Waals surface area contributed by atoms with E-state index in [0.717, 1.165) is 10.9 Å². The molecule has 130 valence electrons. The first-order chi connectivity index (χ1) is 12.5. The van der Waals surface area contributed by atoms with Crippen LogP contribution in [-0.4, -0.2) is 16.6 Å². The van der Waals surface area contributed by atoms with Gasteiger partial charge in [0.25, 0.3) is 0 Å². The molecule has 0 saturated heterocycles. The lowest BCUT2D eigenvalue weighted by atomic mass is 9.98. The first-order valence-electron chi connectivity index (χ1n) is 8.19. The second-order valence-corrected chi connectivity index (χ2v) is 6.60. The summed E-state index contributed by atoms with van der Waals surface area (Å²) in [5.41, 5.74) is 1.90. The van der Waals surface area contributed by atoms with Crippen LogP contribution in [0.3, 0.4) is 0 Å². The maximum absolute atomic E-state index is 12.4. The molecule has 3 aromatic rings. The van der Waals surface area contributed by atoms with E-state index < -0.39 is 5.63 Å². The number of hydrogen-bond donors (Lipinski definition) is 0. The number of nitrogens with zero attached hydrogens (tertiary/aromatic N) is 2. The molecule has 1 aliphatic heterocycles. The molecule has 0 unspecified atom stereocenters. The van der Waals surface area contributed by atoms with Crippen LogP contribution in [0.5, 0.6) is 0 Å². The van der Waals surface area contributed by atoms with Crippen molar-refractivity contribution in [2.24, 2.45) is 5.10 Å². The molecule has 26 heavy (non-hydrogen) atoms. The topological polar surface area (TPSA) is 62.9 Å². The summed E-state index contributed by atoms with van der Waals surface area (Å²) in [5, 5.41) is 7.26. The second-order valence-electron chi connectivity index (χ2n) is 6.17. The largest absolute Gasteiger partial charge is 0.422 e. The van der Waals surface area contributed by atoms with Gasteiger partial charge in [-0.05, 0) is 29.8 Å². The summed E-state index contributed by atoms with van der Waals surface area (Å²) in [6.07, 6.45) is 0.435. The molecule has 0 radical (unpaired) electrons. The monoisotopic (exact) mass is 366 g/mol. The lowest BCUT2D eigenvalue weighted by Crippen LogP contribution is -2.24. The molecule has 0 fully saturated rings. The van der Waals surface area contributed by atoms with Crippen LogP contribution < -0.4 is 5.63 Å². The molecule has 2 aromatic carbocycles. The Balaban J connectivity index is 1.77. The van der Waals surface area contributed by atoms with E-state index in [1.54, 1.807) is 24.3 Å². The number of halogens is 1. The predicted molar refractivity (Wildman–Crippen MR) is 100 cm³/mol. The van der Waals surface area contributed by atoms with Gasteiger partial charge in [0.2, 0.25) is 5.91 Å². The van der Waals surface area contributed by atoms with Crippen molar-refractivity contribution in [2.45, 2.75) is 19.4 Å². The molecule has 0 bridgehead atoms. The fourth-order valence-electron chi connectivity index (χ4n) is 3.17. The van der Waals surface area contributed by atoms with Crippen LogP contribution in [0.1, 0.15) is 30.5 Å². The number of hydrazone groups is 1. The van der Waals surface area contributed by atoms with Crippen molar-refractivity contribution in [2.75, 3.05) is 0 Å². The molecular weight excluding hydrogens is 352 g/mol. The van der Waals surface area contributed by atoms with Crippen molar-refractivity contribution in [1.82, 2.24) is 5.01 Å². The number of carbonyl (C=O) groups is 1. The standard InChI is InChI=1S/C20H15ClN2O3/c1-12(24)23-18(13-6-8-15(21)9-7-13)11-17(22-23)16-10-14-4-2-3-5-19(14)26-20(16)25/h2-10,18H,11H2,1H3/t18-/m1/s1. The molecular formula is C20H15ClN2O3. The molecule has 0 N–H and O–H groups in total. The molecule has 0 saturated carbocycles. The molecule has 1 amide bonds. The molecule has 2 heterocycles. The fourth-order valence-corrected chi connectivity index (χ4v) is 3.30. The van der Waals surface area contributed by atoms with Crippen molar-refractivity contribution in [3.05, 3.63) is 81.2 Å². The third-order valence-corrected chi connectivity index (χ3v) is 4.69. The Morgan fingerprint density at radius 2 is 1.92 bits per heavy atom. The van der Waals surface area contributed by atoms with Gasteiger partial charge in [-0.15, -0.1) is 0 Å². The number of carbonyl (C=O) groups excluding carboxylic acids is 1. The maximum Gasteiger partial charge on any atom is 0.345 e. The summed E-state index contributed by atoms with van der Waals surface area (Å²) in [6, 6.07) is 16.1. The number of benzene rings is 2. The van der Waals surface area contributed by atoms with E-state index in [-0.39, 0.29) is 11.9 Å². The van der Waals surface area contributed by atoms with E-state index in [1.165, 1.54) is 11.9 Å². The van der Waals surface area contributed by atoms with Gasteiger partial charge < -0.3 is 4.42 Å². The van der Waals surface area contributed by atoms with Gasteiger partial charge in [-0.1, -0.05) is 41.9 Å². The van der Waals surface area contributed by atoms with Gasteiger partial charge in [0.1, 0.15) is 5.58 Å². The highest BCUT2D eigenvalue weighted by Gasteiger charge is 2.32. The van der Waals surface area contributed by atoms with E-state index in [0.29, 0.717) is 28.3 Å². The lowest BCUT2D eigenvalue weighted by molar-refractivity contribution is -0.130. The third kappa shape index (κ3) is 2.91. The quantitative estimate of drug-likeness (QED) is 0.640. The number of hydrogen-bond acceptors (Lipinski definition) is 4. The van der Waals surface area contributed by atoms with Gasteiger partial charge in [-0.2, -0.15) is 5.10 Å². The predicted octanol–water partition coefficient (Wildman–Crippen LogP) is 4.14. The second kappa shape index (κ2) is 6.42. The van der Waals surface area contributed by atoms with Gasteiger partial charge in [0.15, 0.2) is 0 Å². The van der Waals surface area contributed by atoms with E-state index >= 15 is 0 Å². The summed E-state index contributed by atoms with van der Waals surface area (Å²) in [7, 11) is 0. The normalized spacial score (nSPS) is 16.8. The minimum absolute atomic E-state index is 0.190. The zero-order chi connectivity index (χ0) is 18.3. The van der Waals surface area contributed by atoms with Crippen molar-refractivity contribution in [3.8, 4) is 0 Å². The van der Waals surface area contributed by atoms with Gasteiger partial charge in [-0.3, -0.25) is 4.79 Å². The molecule has 1 aromatic heterocycles. The average molecular weight is 367 g/mol. The third-order valence-electron chi connectivity index (χ3n) is 4.44. The van der Waals surface area contributed by atoms with E-state index in [4.69, 9.17) is 16.0 Å². The van der Waals surface area contributed by atoms with Crippen molar-refractivity contribution in [3.63, 3.8) is 0 Å². The highest BCUT2D eigenvalue weighted by atomic mass is 35.5. The highest BCUT2D eigenvalue weighted by Crippen LogP contribution is 2.33. The van der Waals surface area contributed by atoms with Gasteiger partial charge in [-0.25, -0.2) is 9.80 Å². The summed E-state index contributed by atoms with van der Waals surface area (Å²) < 4.78 is 5.40. The summed E-state index contributed by atoms with van der Waals surface area (Å²) in [6.45, 7) is 1.46. The Hall–Kier alpha value is -2.92. The Kier molecular flexibility index (Phi) is 4.09. The Labute approximate surface area is 154 Å². The van der Waals surface area contributed by atoms with Crippen LogP contribution in [0.25, 0.3) is 11.0 Å². The van der Waals surface area contributed by atoms with E-state index in [2.05, 4.69) is 5.10 Å². The summed E-state index contributed by atoms with van der Waals surface area (Å²) in [4.78, 5) is 24.5. The first kappa shape index (κ1) is 16.5. The minimum atomic E-state index is -0.456. The van der Waals surface area contributed by atoms with Crippen LogP contribution in [0.2, 0.25) is 5.02 Å². The zero-order valence-corrected chi connectivity index (χ0v) is 14.7. The molecule has 1 atom stereocenters. The van der Waals surface area contributed by atoms with Gasteiger partial charge >= 0.3 is 5.63 Å². The first-order valence-corrected chi connectivity index (χ1v) is 8.57. The van der Waals surface area contributed by atoms with Crippen LogP contribution in [0.4, 0.5) is 0 Å². The van der Waals surface area contributed by atoms with Gasteiger partial charge in [0, 0.05) is 23.8 Å². The smallest absolute Gasteiger partial charge is 0.345 e. The number of amides is 1. The molecule has 1 aliphatic rings. The minimum Gasteiger partial charge on any atom is -0.422 e. The van der Waals surface area contributed by atoms with Crippen molar-refractivity contribution < 1.29 is 9.21 Å². The van der Waals surface area contributed by atoms with E-state index in [1.807, 2.05) is 30.3 Å². The summed E-state index contributed by atoms with van der Waals surface area (Å²) in [5.74, 6) is -0.190. The van der Waals surface area contributed by atoms with Crippen LogP contribution in [0.15, 0.2) is 68.9 Å².